The first-order valence-corrected chi connectivity index (χ1v) is 5.17. The van der Waals surface area contributed by atoms with Crippen molar-refractivity contribution in [2.24, 2.45) is 0 Å². The number of rotatable bonds is 5. The lowest BCUT2D eigenvalue weighted by Gasteiger charge is -2.22. The van der Waals surface area contributed by atoms with Gasteiger partial charge in [0.2, 0.25) is 11.8 Å². The molecule has 0 radical (unpaired) electrons. The van der Waals surface area contributed by atoms with Gasteiger partial charge in [-0.05, 0) is 0 Å². The molecule has 1 saturated heterocycles. The Hall–Kier alpha value is -1.67. The minimum absolute atomic E-state index is 0.246. The van der Waals surface area contributed by atoms with Crippen LogP contribution in [0.25, 0.3) is 0 Å². The van der Waals surface area contributed by atoms with Crippen molar-refractivity contribution in [3.8, 4) is 0 Å². The van der Waals surface area contributed by atoms with Crippen LogP contribution in [0.4, 0.5) is 0 Å². The van der Waals surface area contributed by atoms with Crippen LogP contribution in [0.5, 0.6) is 0 Å². The quantitative estimate of drug-likeness (QED) is 0.418. The third-order valence-electron chi connectivity index (χ3n) is 2.10. The highest BCUT2D eigenvalue weighted by Crippen LogP contribution is 1.92. The smallest absolute Gasteiger partial charge is 0.322 e. The van der Waals surface area contributed by atoms with E-state index in [2.05, 4.69) is 16.0 Å². The number of hydrogen-bond acceptors (Lipinski definition) is 5. The summed E-state index contributed by atoms with van der Waals surface area (Å²) in [5, 5.41) is 15.8. The SMILES string of the molecule is O=C(O)CNC(=O)CNC(=O)C1COCCN1. The monoisotopic (exact) mass is 245 g/mol. The molecule has 0 aliphatic carbocycles. The van der Waals surface area contributed by atoms with E-state index in [0.717, 1.165) is 0 Å². The van der Waals surface area contributed by atoms with Crippen molar-refractivity contribution < 1.29 is 24.2 Å². The van der Waals surface area contributed by atoms with Crippen LogP contribution in [-0.4, -0.2) is 61.8 Å². The topological polar surface area (TPSA) is 117 Å². The fourth-order valence-electron chi connectivity index (χ4n) is 1.26. The zero-order valence-corrected chi connectivity index (χ0v) is 9.19. The summed E-state index contributed by atoms with van der Waals surface area (Å²) in [6.45, 7) is 0.707. The van der Waals surface area contributed by atoms with Crippen LogP contribution in [-0.2, 0) is 19.1 Å². The fraction of sp³-hybridized carbons (Fsp3) is 0.667. The Morgan fingerprint density at radius 2 is 2.06 bits per heavy atom. The van der Waals surface area contributed by atoms with Gasteiger partial charge in [0, 0.05) is 6.54 Å². The largest absolute Gasteiger partial charge is 0.480 e. The first kappa shape index (κ1) is 13.4. The lowest BCUT2D eigenvalue weighted by Crippen LogP contribution is -2.52. The summed E-state index contributed by atoms with van der Waals surface area (Å²) < 4.78 is 5.09. The molecule has 0 aromatic heterocycles. The Morgan fingerprint density at radius 3 is 2.65 bits per heavy atom. The second-order valence-corrected chi connectivity index (χ2v) is 3.47. The number of aliphatic carboxylic acids is 1. The van der Waals surface area contributed by atoms with E-state index in [1.54, 1.807) is 0 Å². The van der Waals surface area contributed by atoms with E-state index in [4.69, 9.17) is 9.84 Å². The van der Waals surface area contributed by atoms with Gasteiger partial charge >= 0.3 is 5.97 Å². The van der Waals surface area contributed by atoms with Gasteiger partial charge in [-0.25, -0.2) is 0 Å². The van der Waals surface area contributed by atoms with Crippen molar-refractivity contribution in [3.63, 3.8) is 0 Å². The van der Waals surface area contributed by atoms with Gasteiger partial charge in [0.15, 0.2) is 0 Å². The first-order chi connectivity index (χ1) is 8.09. The van der Waals surface area contributed by atoms with Gasteiger partial charge in [0.05, 0.1) is 19.8 Å². The van der Waals surface area contributed by atoms with Gasteiger partial charge in [-0.1, -0.05) is 0 Å². The molecule has 1 heterocycles. The lowest BCUT2D eigenvalue weighted by atomic mass is 10.2. The van der Waals surface area contributed by atoms with Gasteiger partial charge in [-0.3, -0.25) is 14.4 Å². The molecule has 0 aromatic carbocycles. The normalized spacial score (nSPS) is 19.4. The molecule has 1 unspecified atom stereocenters. The zero-order valence-electron chi connectivity index (χ0n) is 9.19. The minimum Gasteiger partial charge on any atom is -0.480 e. The van der Waals surface area contributed by atoms with Crippen LogP contribution in [0.3, 0.4) is 0 Å². The molecule has 0 aromatic rings. The molecule has 0 bridgehead atoms. The summed E-state index contributed by atoms with van der Waals surface area (Å²) in [6, 6.07) is -0.462. The number of carboxylic acids is 1. The fourth-order valence-corrected chi connectivity index (χ4v) is 1.26. The predicted molar refractivity (Wildman–Crippen MR) is 56.3 cm³/mol. The van der Waals surface area contributed by atoms with E-state index in [9.17, 15) is 14.4 Å². The number of hydrogen-bond donors (Lipinski definition) is 4. The van der Waals surface area contributed by atoms with Crippen molar-refractivity contribution >= 4 is 17.8 Å². The Morgan fingerprint density at radius 1 is 1.29 bits per heavy atom. The molecule has 1 aliphatic rings. The molecule has 1 rings (SSSR count). The Labute approximate surface area is 97.7 Å². The third kappa shape index (κ3) is 5.27. The average Bonchev–Trinajstić information content (AvgIpc) is 2.34. The highest BCUT2D eigenvalue weighted by molar-refractivity contribution is 5.88. The average molecular weight is 245 g/mol. The zero-order chi connectivity index (χ0) is 12.7. The molecule has 0 spiro atoms. The maximum Gasteiger partial charge on any atom is 0.322 e. The number of carbonyl (C=O) groups is 3. The molecule has 1 aliphatic heterocycles. The second-order valence-electron chi connectivity index (χ2n) is 3.47. The number of amides is 2. The van der Waals surface area contributed by atoms with Crippen LogP contribution in [0.15, 0.2) is 0 Å². The van der Waals surface area contributed by atoms with Gasteiger partial charge in [-0.2, -0.15) is 0 Å². The molecule has 8 heteroatoms. The van der Waals surface area contributed by atoms with Crippen LogP contribution in [0.1, 0.15) is 0 Å². The van der Waals surface area contributed by atoms with E-state index in [0.29, 0.717) is 13.2 Å². The molecule has 1 fully saturated rings. The maximum absolute atomic E-state index is 11.5. The third-order valence-corrected chi connectivity index (χ3v) is 2.10. The van der Waals surface area contributed by atoms with Crippen molar-refractivity contribution in [2.45, 2.75) is 6.04 Å². The summed E-state index contributed by atoms with van der Waals surface area (Å²) in [5.74, 6) is -2.01. The lowest BCUT2D eigenvalue weighted by molar-refractivity contribution is -0.137. The highest BCUT2D eigenvalue weighted by Gasteiger charge is 2.21. The van der Waals surface area contributed by atoms with E-state index in [-0.39, 0.29) is 19.1 Å². The summed E-state index contributed by atoms with van der Waals surface area (Å²) in [7, 11) is 0. The molecule has 4 N–H and O–H groups in total. The molecule has 96 valence electrons. The van der Waals surface area contributed by atoms with Crippen molar-refractivity contribution in [1.29, 1.82) is 0 Å². The van der Waals surface area contributed by atoms with E-state index in [1.165, 1.54) is 0 Å². The second kappa shape index (κ2) is 6.81. The summed E-state index contributed by atoms with van der Waals surface area (Å²) >= 11 is 0. The van der Waals surface area contributed by atoms with Gasteiger partial charge < -0.3 is 25.8 Å². The Kier molecular flexibility index (Phi) is 5.37. The highest BCUT2D eigenvalue weighted by atomic mass is 16.5. The molecule has 1 atom stereocenters. The number of carbonyl (C=O) groups excluding carboxylic acids is 2. The van der Waals surface area contributed by atoms with E-state index in [1.807, 2.05) is 0 Å². The molecule has 17 heavy (non-hydrogen) atoms. The van der Waals surface area contributed by atoms with Crippen LogP contribution in [0, 0.1) is 0 Å². The molecular formula is C9H15N3O5. The van der Waals surface area contributed by atoms with Crippen molar-refractivity contribution in [1.82, 2.24) is 16.0 Å². The maximum atomic E-state index is 11.5. The van der Waals surface area contributed by atoms with Crippen molar-refractivity contribution in [3.05, 3.63) is 0 Å². The summed E-state index contributed by atoms with van der Waals surface area (Å²) in [4.78, 5) is 32.7. The molecule has 2 amide bonds. The van der Waals surface area contributed by atoms with Gasteiger partial charge in [0.1, 0.15) is 12.6 Å². The standard InChI is InChI=1S/C9H15N3O5/c13-7(11-4-8(14)15)3-12-9(16)6-5-17-2-1-10-6/h6,10H,1-5H2,(H,11,13)(H,12,16)(H,14,15). The van der Waals surface area contributed by atoms with Crippen LogP contribution >= 0.6 is 0 Å². The van der Waals surface area contributed by atoms with Crippen molar-refractivity contribution in [2.75, 3.05) is 32.8 Å². The van der Waals surface area contributed by atoms with Gasteiger partial charge in [0.25, 0.3) is 0 Å². The Balaban J connectivity index is 2.18. The number of carboxylic acid groups (broad SMARTS) is 1. The van der Waals surface area contributed by atoms with E-state index >= 15 is 0 Å². The van der Waals surface area contributed by atoms with Crippen LogP contribution < -0.4 is 16.0 Å². The summed E-state index contributed by atoms with van der Waals surface area (Å²) in [5.41, 5.74) is 0. The number of ether oxygens (including phenoxy) is 1. The minimum atomic E-state index is -1.13. The molecule has 8 nitrogen and oxygen atoms in total. The number of morpholine rings is 1. The van der Waals surface area contributed by atoms with Crippen LogP contribution in [0.2, 0.25) is 0 Å². The molecular weight excluding hydrogens is 230 g/mol. The Bertz CT molecular complexity index is 301. The predicted octanol–water partition coefficient (Wildman–Crippen LogP) is -2.71. The molecule has 0 saturated carbocycles. The summed E-state index contributed by atoms with van der Waals surface area (Å²) in [6.07, 6.45) is 0. The van der Waals surface area contributed by atoms with E-state index < -0.39 is 24.5 Å². The van der Waals surface area contributed by atoms with Gasteiger partial charge in [-0.15, -0.1) is 0 Å². The number of nitrogens with one attached hydrogen (secondary N) is 3. The first-order valence-electron chi connectivity index (χ1n) is 5.17.